The molecule has 1 aromatic heterocycles. The molecule has 0 radical (unpaired) electrons. The van der Waals surface area contributed by atoms with E-state index in [4.69, 9.17) is 0 Å². The summed E-state index contributed by atoms with van der Waals surface area (Å²) < 4.78 is 0. The fourth-order valence-electron chi connectivity index (χ4n) is 3.36. The first-order valence-electron chi connectivity index (χ1n) is 9.19. The Balaban J connectivity index is 1.49. The summed E-state index contributed by atoms with van der Waals surface area (Å²) in [7, 11) is 0. The van der Waals surface area contributed by atoms with E-state index >= 15 is 0 Å². The van der Waals surface area contributed by atoms with E-state index in [9.17, 15) is 14.7 Å². The van der Waals surface area contributed by atoms with Gasteiger partial charge in [0.1, 0.15) is 0 Å². The largest absolute Gasteiger partial charge is 0.389 e. The lowest BCUT2D eigenvalue weighted by atomic mass is 9.87. The molecule has 0 saturated carbocycles. The molecule has 3 rings (SSSR count). The van der Waals surface area contributed by atoms with Crippen LogP contribution in [0.1, 0.15) is 35.8 Å². The van der Waals surface area contributed by atoms with Crippen molar-refractivity contribution in [2.75, 3.05) is 25.0 Å². The van der Waals surface area contributed by atoms with Gasteiger partial charge >= 0.3 is 0 Å². The van der Waals surface area contributed by atoms with Crippen molar-refractivity contribution in [3.05, 3.63) is 59.9 Å². The second-order valence-electron chi connectivity index (χ2n) is 7.18. The van der Waals surface area contributed by atoms with Gasteiger partial charge in [-0.2, -0.15) is 0 Å². The maximum absolute atomic E-state index is 12.3. The first-order chi connectivity index (χ1) is 12.9. The Morgan fingerprint density at radius 3 is 2.63 bits per heavy atom. The maximum atomic E-state index is 12.3. The fraction of sp³-hybridized carbons (Fsp3) is 0.381. The van der Waals surface area contributed by atoms with Crippen molar-refractivity contribution >= 4 is 17.4 Å². The summed E-state index contributed by atoms with van der Waals surface area (Å²) in [6, 6.07) is 12.6. The number of benzene rings is 1. The molecule has 2 aromatic rings. The number of piperidine rings is 1. The van der Waals surface area contributed by atoms with Gasteiger partial charge in [0.2, 0.25) is 5.91 Å². The van der Waals surface area contributed by atoms with Crippen LogP contribution in [0.3, 0.4) is 0 Å². The van der Waals surface area contributed by atoms with Crippen LogP contribution in [0.2, 0.25) is 0 Å². The smallest absolute Gasteiger partial charge is 0.238 e. The predicted octanol–water partition coefficient (Wildman–Crippen LogP) is 2.29. The Bertz CT molecular complexity index is 799. The molecule has 6 heteroatoms. The number of carbonyl (C=O) groups is 2. The van der Waals surface area contributed by atoms with Crippen molar-refractivity contribution in [1.82, 2.24) is 9.88 Å². The second-order valence-corrected chi connectivity index (χ2v) is 7.18. The van der Waals surface area contributed by atoms with E-state index in [1.165, 1.54) is 6.92 Å². The van der Waals surface area contributed by atoms with Gasteiger partial charge in [-0.25, -0.2) is 0 Å². The Morgan fingerprint density at radius 1 is 1.19 bits per heavy atom. The standard InChI is InChI=1S/C21H25N3O3/c1-16(25)17-5-4-7-18(13-17)23-20(26)15-24-11-8-21(27,9-12-24)14-19-6-2-3-10-22-19/h2-7,10,13,27H,8-9,11-12,14-15H2,1H3,(H,23,26). The first kappa shape index (κ1) is 19.2. The quantitative estimate of drug-likeness (QED) is 0.766. The molecule has 142 valence electrons. The SMILES string of the molecule is CC(=O)c1cccc(NC(=O)CN2CCC(O)(Cc3ccccn3)CC2)c1. The Kier molecular flexibility index (Phi) is 5.98. The molecule has 1 saturated heterocycles. The number of aromatic nitrogens is 1. The number of pyridine rings is 1. The number of anilines is 1. The zero-order valence-corrected chi connectivity index (χ0v) is 15.5. The maximum Gasteiger partial charge on any atom is 0.238 e. The molecule has 1 aliphatic heterocycles. The van der Waals surface area contributed by atoms with Gasteiger partial charge in [-0.1, -0.05) is 18.2 Å². The van der Waals surface area contributed by atoms with Crippen LogP contribution >= 0.6 is 0 Å². The van der Waals surface area contributed by atoms with E-state index in [-0.39, 0.29) is 18.2 Å². The van der Waals surface area contributed by atoms with Crippen LogP contribution in [-0.2, 0) is 11.2 Å². The van der Waals surface area contributed by atoms with Crippen molar-refractivity contribution in [2.24, 2.45) is 0 Å². The number of rotatable bonds is 6. The summed E-state index contributed by atoms with van der Waals surface area (Å²) in [4.78, 5) is 30.1. The summed E-state index contributed by atoms with van der Waals surface area (Å²) >= 11 is 0. The number of hydrogen-bond donors (Lipinski definition) is 2. The summed E-state index contributed by atoms with van der Waals surface area (Å²) in [5.41, 5.74) is 1.32. The van der Waals surface area contributed by atoms with Crippen LogP contribution < -0.4 is 5.32 Å². The average molecular weight is 367 g/mol. The van der Waals surface area contributed by atoms with Crippen molar-refractivity contribution in [3.8, 4) is 0 Å². The molecular formula is C21H25N3O3. The van der Waals surface area contributed by atoms with Gasteiger partial charge in [-0.15, -0.1) is 0 Å². The first-order valence-corrected chi connectivity index (χ1v) is 9.19. The number of hydrogen-bond acceptors (Lipinski definition) is 5. The Morgan fingerprint density at radius 2 is 1.96 bits per heavy atom. The minimum Gasteiger partial charge on any atom is -0.389 e. The lowest BCUT2D eigenvalue weighted by Gasteiger charge is -2.37. The van der Waals surface area contributed by atoms with Crippen molar-refractivity contribution in [1.29, 1.82) is 0 Å². The van der Waals surface area contributed by atoms with Crippen LogP contribution in [0.5, 0.6) is 0 Å². The second kappa shape index (κ2) is 8.41. The van der Waals surface area contributed by atoms with Crippen LogP contribution in [0.15, 0.2) is 48.7 Å². The Hall–Kier alpha value is -2.57. The third-order valence-electron chi connectivity index (χ3n) is 4.94. The van der Waals surface area contributed by atoms with E-state index in [0.29, 0.717) is 43.6 Å². The van der Waals surface area contributed by atoms with Gasteiger partial charge < -0.3 is 10.4 Å². The average Bonchev–Trinajstić information content (AvgIpc) is 2.65. The van der Waals surface area contributed by atoms with Crippen LogP contribution in [0.25, 0.3) is 0 Å². The lowest BCUT2D eigenvalue weighted by molar-refractivity contribution is -0.118. The highest BCUT2D eigenvalue weighted by Gasteiger charge is 2.33. The normalized spacial score (nSPS) is 16.7. The molecule has 0 spiro atoms. The van der Waals surface area contributed by atoms with Gasteiger partial charge in [0.05, 0.1) is 12.1 Å². The summed E-state index contributed by atoms with van der Waals surface area (Å²) in [6.07, 6.45) is 3.48. The zero-order chi connectivity index (χ0) is 19.3. The van der Waals surface area contributed by atoms with Gasteiger partial charge in [0.15, 0.2) is 5.78 Å². The molecule has 6 nitrogen and oxygen atoms in total. The predicted molar refractivity (Wildman–Crippen MR) is 104 cm³/mol. The van der Waals surface area contributed by atoms with E-state index in [1.54, 1.807) is 30.5 Å². The molecule has 1 aromatic carbocycles. The number of aliphatic hydroxyl groups is 1. The molecule has 0 atom stereocenters. The van der Waals surface area contributed by atoms with Crippen LogP contribution in [-0.4, -0.2) is 51.9 Å². The monoisotopic (exact) mass is 367 g/mol. The van der Waals surface area contributed by atoms with Crippen molar-refractivity contribution in [2.45, 2.75) is 31.8 Å². The summed E-state index contributed by atoms with van der Waals surface area (Å²) in [6.45, 7) is 3.08. The number of ketones is 1. The number of carbonyl (C=O) groups excluding carboxylic acids is 2. The lowest BCUT2D eigenvalue weighted by Crippen LogP contribution is -2.47. The minimum atomic E-state index is -0.767. The van der Waals surface area contributed by atoms with Crippen LogP contribution in [0, 0.1) is 0 Å². The number of amides is 1. The molecule has 1 aliphatic rings. The molecule has 2 heterocycles. The topological polar surface area (TPSA) is 82.5 Å². The number of Topliss-reactive ketones (excluding diaryl/α,β-unsaturated/α-hetero) is 1. The molecule has 2 N–H and O–H groups in total. The van der Waals surface area contributed by atoms with Gasteiger partial charge in [-0.05, 0) is 44.0 Å². The van der Waals surface area contributed by atoms with Gasteiger partial charge in [0.25, 0.3) is 0 Å². The van der Waals surface area contributed by atoms with Crippen molar-refractivity contribution in [3.63, 3.8) is 0 Å². The Labute approximate surface area is 159 Å². The van der Waals surface area contributed by atoms with E-state index in [1.807, 2.05) is 23.1 Å². The fourth-order valence-corrected chi connectivity index (χ4v) is 3.36. The summed E-state index contributed by atoms with van der Waals surface area (Å²) in [5, 5.41) is 13.6. The molecule has 0 aliphatic carbocycles. The molecule has 1 amide bonds. The molecule has 0 unspecified atom stereocenters. The highest BCUT2D eigenvalue weighted by atomic mass is 16.3. The van der Waals surface area contributed by atoms with Gasteiger partial charge in [0, 0.05) is 42.7 Å². The van der Waals surface area contributed by atoms with Crippen LogP contribution in [0.4, 0.5) is 5.69 Å². The zero-order valence-electron chi connectivity index (χ0n) is 15.5. The summed E-state index contributed by atoms with van der Waals surface area (Å²) in [5.74, 6) is -0.153. The van der Waals surface area contributed by atoms with Gasteiger partial charge in [-0.3, -0.25) is 19.5 Å². The van der Waals surface area contributed by atoms with E-state index in [2.05, 4.69) is 10.3 Å². The molecule has 27 heavy (non-hydrogen) atoms. The molecule has 0 bridgehead atoms. The highest BCUT2D eigenvalue weighted by molar-refractivity contribution is 5.97. The number of nitrogens with one attached hydrogen (secondary N) is 1. The molecule has 1 fully saturated rings. The third-order valence-corrected chi connectivity index (χ3v) is 4.94. The third kappa shape index (κ3) is 5.45. The highest BCUT2D eigenvalue weighted by Crippen LogP contribution is 2.25. The van der Waals surface area contributed by atoms with E-state index < -0.39 is 5.60 Å². The number of nitrogens with zero attached hydrogens (tertiary/aromatic N) is 2. The molecular weight excluding hydrogens is 342 g/mol. The van der Waals surface area contributed by atoms with E-state index in [0.717, 1.165) is 5.69 Å². The van der Waals surface area contributed by atoms with Crippen molar-refractivity contribution < 1.29 is 14.7 Å². The minimum absolute atomic E-state index is 0.0330. The number of likely N-dealkylation sites (tertiary alicyclic amines) is 1.